The number of rotatable bonds is 5. The van der Waals surface area contributed by atoms with Crippen molar-refractivity contribution in [2.75, 3.05) is 14.1 Å². The Morgan fingerprint density at radius 3 is 2.52 bits per heavy atom. The molecule has 0 aliphatic heterocycles. The number of hydrogen-bond acceptors (Lipinski definition) is 5. The van der Waals surface area contributed by atoms with E-state index in [1.54, 1.807) is 10.6 Å². The van der Waals surface area contributed by atoms with E-state index in [2.05, 4.69) is 6.07 Å². The number of ether oxygens (including phenoxy) is 1. The first-order chi connectivity index (χ1) is 12.8. The zero-order valence-electron chi connectivity index (χ0n) is 14.8. The van der Waals surface area contributed by atoms with Crippen molar-refractivity contribution in [3.05, 3.63) is 71.5 Å². The summed E-state index contributed by atoms with van der Waals surface area (Å²) < 4.78 is 32.3. The van der Waals surface area contributed by atoms with E-state index in [4.69, 9.17) is 4.74 Å². The summed E-state index contributed by atoms with van der Waals surface area (Å²) >= 11 is 0. The highest BCUT2D eigenvalue weighted by Crippen LogP contribution is 2.20. The van der Waals surface area contributed by atoms with E-state index in [0.29, 0.717) is 11.1 Å². The summed E-state index contributed by atoms with van der Waals surface area (Å²) in [6.07, 6.45) is 3.55. The van der Waals surface area contributed by atoms with Gasteiger partial charge < -0.3 is 9.14 Å². The van der Waals surface area contributed by atoms with E-state index >= 15 is 0 Å². The fourth-order valence-corrected chi connectivity index (χ4v) is 3.52. The Bertz CT molecular complexity index is 1140. The molecular weight excluding hydrogens is 366 g/mol. The van der Waals surface area contributed by atoms with Crippen LogP contribution < -0.4 is 0 Å². The minimum absolute atomic E-state index is 0.0544. The van der Waals surface area contributed by atoms with Crippen molar-refractivity contribution >= 4 is 21.5 Å². The van der Waals surface area contributed by atoms with Crippen LogP contribution in [0.1, 0.15) is 21.5 Å². The van der Waals surface area contributed by atoms with Gasteiger partial charge >= 0.3 is 5.97 Å². The fraction of sp³-hybridized carbons (Fsp3) is 0.158. The number of fused-ring (bicyclic) bond motifs is 1. The SMILES string of the molecule is CN(C)S(=O)(=O)c1ccc(C(=O)OCc2cn3ccccc3c2C#N)cc1. The van der Waals surface area contributed by atoms with Crippen molar-refractivity contribution < 1.29 is 17.9 Å². The second-order valence-electron chi connectivity index (χ2n) is 6.02. The molecule has 0 saturated carbocycles. The largest absolute Gasteiger partial charge is 0.457 e. The second-order valence-corrected chi connectivity index (χ2v) is 8.17. The number of esters is 1. The Labute approximate surface area is 157 Å². The monoisotopic (exact) mass is 383 g/mol. The van der Waals surface area contributed by atoms with Gasteiger partial charge in [-0.3, -0.25) is 0 Å². The molecule has 0 atom stereocenters. The normalized spacial score (nSPS) is 11.5. The predicted molar refractivity (Wildman–Crippen MR) is 98.5 cm³/mol. The number of carbonyl (C=O) groups excluding carboxylic acids is 1. The first-order valence-corrected chi connectivity index (χ1v) is 9.47. The summed E-state index contributed by atoms with van der Waals surface area (Å²) in [7, 11) is -0.683. The van der Waals surface area contributed by atoms with E-state index in [0.717, 1.165) is 9.82 Å². The number of benzene rings is 1. The summed E-state index contributed by atoms with van der Waals surface area (Å²) in [5.41, 5.74) is 2.03. The van der Waals surface area contributed by atoms with E-state index in [1.165, 1.54) is 38.4 Å². The molecule has 0 radical (unpaired) electrons. The van der Waals surface area contributed by atoms with Crippen molar-refractivity contribution in [2.45, 2.75) is 11.5 Å². The van der Waals surface area contributed by atoms with Crippen molar-refractivity contribution in [3.63, 3.8) is 0 Å². The van der Waals surface area contributed by atoms with Crippen molar-refractivity contribution in [1.82, 2.24) is 8.71 Å². The summed E-state index contributed by atoms with van der Waals surface area (Å²) in [5.74, 6) is -0.594. The Balaban J connectivity index is 1.76. The van der Waals surface area contributed by atoms with Gasteiger partial charge in [0.15, 0.2) is 0 Å². The van der Waals surface area contributed by atoms with Crippen LogP contribution in [0.2, 0.25) is 0 Å². The Morgan fingerprint density at radius 2 is 1.89 bits per heavy atom. The van der Waals surface area contributed by atoms with Gasteiger partial charge in [0, 0.05) is 32.1 Å². The summed E-state index contributed by atoms with van der Waals surface area (Å²) in [6, 6.07) is 13.1. The molecule has 1 aromatic carbocycles. The van der Waals surface area contributed by atoms with Gasteiger partial charge in [-0.2, -0.15) is 5.26 Å². The van der Waals surface area contributed by atoms with Crippen LogP contribution in [0.3, 0.4) is 0 Å². The number of hydrogen-bond donors (Lipinski definition) is 0. The fourth-order valence-electron chi connectivity index (χ4n) is 2.62. The first-order valence-electron chi connectivity index (χ1n) is 8.03. The molecule has 0 bridgehead atoms. The van der Waals surface area contributed by atoms with Crippen LogP contribution >= 0.6 is 0 Å². The summed E-state index contributed by atoms with van der Waals surface area (Å²) in [5, 5.41) is 9.37. The molecule has 8 heteroatoms. The van der Waals surface area contributed by atoms with Crippen molar-refractivity contribution in [3.8, 4) is 6.07 Å². The predicted octanol–water partition coefficient (Wildman–Crippen LogP) is 2.42. The van der Waals surface area contributed by atoms with Crippen molar-refractivity contribution in [1.29, 1.82) is 5.26 Å². The summed E-state index contributed by atoms with van der Waals surface area (Å²) in [4.78, 5) is 12.3. The van der Waals surface area contributed by atoms with Crippen LogP contribution in [0.25, 0.3) is 5.52 Å². The third-order valence-corrected chi connectivity index (χ3v) is 5.93. The highest BCUT2D eigenvalue weighted by Gasteiger charge is 2.18. The van der Waals surface area contributed by atoms with E-state index in [9.17, 15) is 18.5 Å². The molecule has 0 spiro atoms. The number of nitrogens with zero attached hydrogens (tertiary/aromatic N) is 3. The van der Waals surface area contributed by atoms with Crippen LogP contribution in [0, 0.1) is 11.3 Å². The highest BCUT2D eigenvalue weighted by atomic mass is 32.2. The molecule has 0 amide bonds. The smallest absolute Gasteiger partial charge is 0.338 e. The highest BCUT2D eigenvalue weighted by molar-refractivity contribution is 7.89. The van der Waals surface area contributed by atoms with Gasteiger partial charge in [0.2, 0.25) is 10.0 Å². The molecule has 2 heterocycles. The van der Waals surface area contributed by atoms with Gasteiger partial charge in [0.1, 0.15) is 12.7 Å². The molecule has 0 N–H and O–H groups in total. The topological polar surface area (TPSA) is 91.9 Å². The maximum atomic E-state index is 12.3. The third kappa shape index (κ3) is 3.56. The van der Waals surface area contributed by atoms with Crippen LogP contribution in [-0.4, -0.2) is 37.2 Å². The summed E-state index contributed by atoms with van der Waals surface area (Å²) in [6.45, 7) is -0.0544. The zero-order valence-corrected chi connectivity index (χ0v) is 15.6. The number of nitriles is 1. The first kappa shape index (κ1) is 18.6. The average molecular weight is 383 g/mol. The maximum absolute atomic E-state index is 12.3. The lowest BCUT2D eigenvalue weighted by molar-refractivity contribution is 0.0472. The number of sulfonamides is 1. The molecule has 0 aliphatic rings. The number of pyridine rings is 1. The average Bonchev–Trinajstić information content (AvgIpc) is 3.03. The molecule has 27 heavy (non-hydrogen) atoms. The molecule has 0 fully saturated rings. The van der Waals surface area contributed by atoms with Crippen LogP contribution in [0.15, 0.2) is 59.8 Å². The quantitative estimate of drug-likeness (QED) is 0.631. The van der Waals surface area contributed by atoms with Gasteiger partial charge in [0.05, 0.1) is 21.5 Å². The Hall–Kier alpha value is -3.15. The van der Waals surface area contributed by atoms with Crippen LogP contribution in [-0.2, 0) is 21.4 Å². The minimum atomic E-state index is -3.56. The lowest BCUT2D eigenvalue weighted by atomic mass is 10.2. The second kappa shape index (κ2) is 7.23. The molecule has 7 nitrogen and oxygen atoms in total. The lowest BCUT2D eigenvalue weighted by Gasteiger charge is -2.11. The molecule has 0 unspecified atom stereocenters. The molecule has 2 aromatic heterocycles. The van der Waals surface area contributed by atoms with E-state index in [1.807, 2.05) is 24.4 Å². The number of aromatic nitrogens is 1. The lowest BCUT2D eigenvalue weighted by Crippen LogP contribution is -2.22. The molecule has 3 rings (SSSR count). The zero-order chi connectivity index (χ0) is 19.6. The van der Waals surface area contributed by atoms with Crippen LogP contribution in [0.4, 0.5) is 0 Å². The van der Waals surface area contributed by atoms with Crippen molar-refractivity contribution in [2.24, 2.45) is 0 Å². The standard InChI is InChI=1S/C19H17N3O4S/c1-21(2)27(24,25)16-8-6-14(7-9-16)19(23)26-13-15-12-22-10-4-3-5-18(22)17(15)11-20/h3-10,12H,13H2,1-2H3. The van der Waals surface area contributed by atoms with Gasteiger partial charge in [-0.25, -0.2) is 17.5 Å². The molecular formula is C19H17N3O4S. The van der Waals surface area contributed by atoms with Crippen LogP contribution in [0.5, 0.6) is 0 Å². The number of carbonyl (C=O) groups is 1. The molecule has 0 aliphatic carbocycles. The van der Waals surface area contributed by atoms with Gasteiger partial charge in [-0.05, 0) is 36.4 Å². The maximum Gasteiger partial charge on any atom is 0.338 e. The van der Waals surface area contributed by atoms with Gasteiger partial charge in [-0.1, -0.05) is 6.07 Å². The minimum Gasteiger partial charge on any atom is -0.457 e. The molecule has 0 saturated heterocycles. The van der Waals surface area contributed by atoms with Gasteiger partial charge in [0.25, 0.3) is 0 Å². The van der Waals surface area contributed by atoms with Gasteiger partial charge in [-0.15, -0.1) is 0 Å². The molecule has 138 valence electrons. The van der Waals surface area contributed by atoms with E-state index in [-0.39, 0.29) is 17.1 Å². The third-order valence-electron chi connectivity index (χ3n) is 4.10. The Kier molecular flexibility index (Phi) is 4.99. The molecule has 3 aromatic rings. The Morgan fingerprint density at radius 1 is 1.19 bits per heavy atom. The van der Waals surface area contributed by atoms with E-state index < -0.39 is 16.0 Å².